The van der Waals surface area contributed by atoms with E-state index < -0.39 is 11.9 Å². The number of Topliss-reactive ketones (excluding diaryl/α,β-unsaturated/α-hetero) is 1. The molecular weight excluding hydrogens is 506 g/mol. The van der Waals surface area contributed by atoms with Gasteiger partial charge in [0.1, 0.15) is 30.5 Å². The number of hydrogen-bond donors (Lipinski definition) is 1. The summed E-state index contributed by atoms with van der Waals surface area (Å²) in [5.41, 5.74) is 4.30. The number of dihydropyridines is 1. The van der Waals surface area contributed by atoms with E-state index in [2.05, 4.69) is 5.32 Å². The van der Waals surface area contributed by atoms with Crippen LogP contribution < -0.4 is 19.5 Å². The van der Waals surface area contributed by atoms with Gasteiger partial charge in [-0.25, -0.2) is 4.79 Å². The third-order valence-electron chi connectivity index (χ3n) is 7.41. The largest absolute Gasteiger partial charge is 0.497 e. The molecule has 2 unspecified atom stereocenters. The molecular formula is C33H33NO6. The van der Waals surface area contributed by atoms with Gasteiger partial charge in [0.2, 0.25) is 0 Å². The van der Waals surface area contributed by atoms with Crippen molar-refractivity contribution >= 4 is 11.8 Å². The minimum atomic E-state index is -0.612. The number of nitrogens with one attached hydrogen (secondary N) is 1. The first-order chi connectivity index (χ1) is 19.5. The summed E-state index contributed by atoms with van der Waals surface area (Å²) in [6.07, 6.45) is 0.981. The molecule has 0 fully saturated rings. The fourth-order valence-corrected chi connectivity index (χ4v) is 5.53. The number of carbonyl (C=O) groups excluding carboxylic acids is 2. The van der Waals surface area contributed by atoms with Gasteiger partial charge in [0.15, 0.2) is 5.78 Å². The first-order valence-electron chi connectivity index (χ1n) is 13.4. The minimum Gasteiger partial charge on any atom is -0.497 e. The average molecular weight is 540 g/mol. The number of allylic oxidation sites excluding steroid dienone is 3. The Morgan fingerprint density at radius 1 is 0.850 bits per heavy atom. The van der Waals surface area contributed by atoms with Crippen LogP contribution in [0.1, 0.15) is 42.7 Å². The fraction of sp³-hybridized carbons (Fsp3) is 0.273. The van der Waals surface area contributed by atoms with E-state index in [9.17, 15) is 9.59 Å². The highest BCUT2D eigenvalue weighted by molar-refractivity contribution is 6.04. The molecule has 0 radical (unpaired) electrons. The van der Waals surface area contributed by atoms with E-state index in [1.54, 1.807) is 14.2 Å². The summed E-state index contributed by atoms with van der Waals surface area (Å²) in [6, 6.07) is 24.7. The Hall–Kier alpha value is -4.52. The van der Waals surface area contributed by atoms with Crippen LogP contribution in [-0.4, -0.2) is 39.2 Å². The predicted octanol–water partition coefficient (Wildman–Crippen LogP) is 5.69. The second-order valence-electron chi connectivity index (χ2n) is 9.83. The zero-order valence-corrected chi connectivity index (χ0v) is 22.9. The standard InChI is InChI=1S/C33H33NO6/c1-21-30(33(36)40-18-17-39-25-9-5-4-6-10-25)31(26-11-7-8-12-29(26)38-3)32-27(34-21)19-23(20-28(32)35)22-13-15-24(37-2)16-14-22/h4-16,23,31,34H,17-20H2,1-3H3. The Bertz CT molecular complexity index is 1440. The molecule has 40 heavy (non-hydrogen) atoms. The average Bonchev–Trinajstić information content (AvgIpc) is 2.99. The highest BCUT2D eigenvalue weighted by Gasteiger charge is 2.42. The van der Waals surface area contributed by atoms with Crippen molar-refractivity contribution in [2.75, 3.05) is 27.4 Å². The summed E-state index contributed by atoms with van der Waals surface area (Å²) in [7, 11) is 3.22. The van der Waals surface area contributed by atoms with Gasteiger partial charge in [-0.3, -0.25) is 4.79 Å². The van der Waals surface area contributed by atoms with Gasteiger partial charge in [-0.15, -0.1) is 0 Å². The van der Waals surface area contributed by atoms with Crippen molar-refractivity contribution in [2.24, 2.45) is 0 Å². The Morgan fingerprint density at radius 2 is 1.57 bits per heavy atom. The molecule has 0 aromatic heterocycles. The number of benzene rings is 3. The Kier molecular flexibility index (Phi) is 8.20. The summed E-state index contributed by atoms with van der Waals surface area (Å²) in [6.45, 7) is 2.14. The van der Waals surface area contributed by atoms with Gasteiger partial charge >= 0.3 is 5.97 Å². The van der Waals surface area contributed by atoms with Gasteiger partial charge in [-0.2, -0.15) is 0 Å². The summed E-state index contributed by atoms with van der Waals surface area (Å²) in [4.78, 5) is 27.4. The quantitative estimate of drug-likeness (QED) is 0.276. The molecule has 3 aromatic rings. The maximum Gasteiger partial charge on any atom is 0.336 e. The van der Waals surface area contributed by atoms with Crippen LogP contribution in [0.4, 0.5) is 0 Å². The molecule has 1 aliphatic heterocycles. The molecule has 2 atom stereocenters. The van der Waals surface area contributed by atoms with Crippen LogP contribution in [0.3, 0.4) is 0 Å². The molecule has 5 rings (SSSR count). The van der Waals surface area contributed by atoms with E-state index in [1.165, 1.54) is 0 Å². The van der Waals surface area contributed by atoms with E-state index in [1.807, 2.05) is 85.8 Å². The molecule has 7 nitrogen and oxygen atoms in total. The number of ether oxygens (including phenoxy) is 4. The molecule has 0 bridgehead atoms. The van der Waals surface area contributed by atoms with Crippen molar-refractivity contribution in [3.05, 3.63) is 113 Å². The first kappa shape index (κ1) is 27.1. The van der Waals surface area contributed by atoms with Gasteiger partial charge in [0.25, 0.3) is 0 Å². The smallest absolute Gasteiger partial charge is 0.336 e. The monoisotopic (exact) mass is 539 g/mol. The highest BCUT2D eigenvalue weighted by Crippen LogP contribution is 2.47. The van der Waals surface area contributed by atoms with E-state index in [4.69, 9.17) is 18.9 Å². The van der Waals surface area contributed by atoms with Crippen LogP contribution in [0.5, 0.6) is 17.2 Å². The number of para-hydroxylation sites is 2. The second kappa shape index (κ2) is 12.1. The molecule has 0 amide bonds. The maximum absolute atomic E-state index is 13.9. The number of esters is 1. The normalized spacial score (nSPS) is 18.5. The maximum atomic E-state index is 13.9. The summed E-state index contributed by atoms with van der Waals surface area (Å²) >= 11 is 0. The molecule has 0 saturated carbocycles. The Morgan fingerprint density at radius 3 is 2.30 bits per heavy atom. The van der Waals surface area contributed by atoms with Gasteiger partial charge < -0.3 is 24.3 Å². The zero-order chi connectivity index (χ0) is 28.1. The molecule has 3 aromatic carbocycles. The number of rotatable bonds is 9. The Balaban J connectivity index is 1.44. The molecule has 7 heteroatoms. The zero-order valence-electron chi connectivity index (χ0n) is 22.9. The van der Waals surface area contributed by atoms with Crippen molar-refractivity contribution in [3.63, 3.8) is 0 Å². The summed E-state index contributed by atoms with van der Waals surface area (Å²) in [5, 5.41) is 3.40. The van der Waals surface area contributed by atoms with Crippen LogP contribution in [0.15, 0.2) is 101 Å². The highest BCUT2D eigenvalue weighted by atomic mass is 16.6. The lowest BCUT2D eigenvalue weighted by Crippen LogP contribution is -2.36. The summed E-state index contributed by atoms with van der Waals surface area (Å²) < 4.78 is 22.3. The molecule has 1 N–H and O–H groups in total. The van der Waals surface area contributed by atoms with Crippen LogP contribution in [-0.2, 0) is 14.3 Å². The van der Waals surface area contributed by atoms with Gasteiger partial charge in [0, 0.05) is 29.0 Å². The summed E-state index contributed by atoms with van der Waals surface area (Å²) in [5.74, 6) is 0.989. The lowest BCUT2D eigenvalue weighted by molar-refractivity contribution is -0.140. The molecule has 0 saturated heterocycles. The second-order valence-corrected chi connectivity index (χ2v) is 9.83. The first-order valence-corrected chi connectivity index (χ1v) is 13.4. The van der Waals surface area contributed by atoms with Crippen molar-refractivity contribution < 1.29 is 28.5 Å². The topological polar surface area (TPSA) is 83.1 Å². The lowest BCUT2D eigenvalue weighted by Gasteiger charge is -2.37. The van der Waals surface area contributed by atoms with E-state index >= 15 is 0 Å². The van der Waals surface area contributed by atoms with Crippen molar-refractivity contribution in [1.82, 2.24) is 5.32 Å². The van der Waals surface area contributed by atoms with E-state index in [0.29, 0.717) is 41.2 Å². The van der Waals surface area contributed by atoms with Crippen LogP contribution in [0, 0.1) is 0 Å². The number of methoxy groups -OCH3 is 2. The molecule has 2 aliphatic rings. The number of ketones is 1. The third kappa shape index (κ3) is 5.59. The van der Waals surface area contributed by atoms with Gasteiger partial charge in [0.05, 0.1) is 25.7 Å². The van der Waals surface area contributed by atoms with Crippen molar-refractivity contribution in [1.29, 1.82) is 0 Å². The predicted molar refractivity (Wildman–Crippen MR) is 151 cm³/mol. The van der Waals surface area contributed by atoms with Crippen molar-refractivity contribution in [3.8, 4) is 17.2 Å². The van der Waals surface area contributed by atoms with Crippen LogP contribution in [0.25, 0.3) is 0 Å². The van der Waals surface area contributed by atoms with Crippen LogP contribution >= 0.6 is 0 Å². The minimum absolute atomic E-state index is 0.00400. The third-order valence-corrected chi connectivity index (χ3v) is 7.41. The number of hydrogen-bond acceptors (Lipinski definition) is 7. The molecule has 0 spiro atoms. The molecule has 1 heterocycles. The molecule has 206 valence electrons. The SMILES string of the molecule is COc1ccc(C2CC(=O)C3=C(C2)NC(C)=C(C(=O)OCCOc2ccccc2)C3c2ccccc2OC)cc1. The van der Waals surface area contributed by atoms with Crippen LogP contribution in [0.2, 0.25) is 0 Å². The van der Waals surface area contributed by atoms with Gasteiger partial charge in [-0.1, -0.05) is 48.5 Å². The molecule has 1 aliphatic carbocycles. The van der Waals surface area contributed by atoms with E-state index in [-0.39, 0.29) is 24.9 Å². The Labute approximate surface area is 234 Å². The fourth-order valence-electron chi connectivity index (χ4n) is 5.53. The number of carbonyl (C=O) groups is 2. The van der Waals surface area contributed by atoms with Gasteiger partial charge in [-0.05, 0) is 55.2 Å². The van der Waals surface area contributed by atoms with E-state index in [0.717, 1.165) is 22.6 Å². The lowest BCUT2D eigenvalue weighted by atomic mass is 9.71. The van der Waals surface area contributed by atoms with Crippen molar-refractivity contribution in [2.45, 2.75) is 31.6 Å².